The molecule has 0 amide bonds. The molecule has 3 aromatic rings. The molecule has 1 heterocycles. The molecule has 2 N–H and O–H groups in total. The summed E-state index contributed by atoms with van der Waals surface area (Å²) in [4.78, 5) is 20.0. The third kappa shape index (κ3) is 4.07. The van der Waals surface area contributed by atoms with E-state index in [2.05, 4.69) is 20.6 Å². The van der Waals surface area contributed by atoms with E-state index >= 15 is 0 Å². The van der Waals surface area contributed by atoms with Gasteiger partial charge in [-0.2, -0.15) is 4.98 Å². The molecule has 132 valence electrons. The summed E-state index contributed by atoms with van der Waals surface area (Å²) in [6.45, 7) is 0. The van der Waals surface area contributed by atoms with E-state index in [1.54, 1.807) is 42.5 Å². The van der Waals surface area contributed by atoms with Crippen molar-refractivity contribution >= 4 is 40.7 Å². The second-order valence-electron chi connectivity index (χ2n) is 5.18. The lowest BCUT2D eigenvalue weighted by atomic mass is 10.2. The Morgan fingerprint density at radius 1 is 1.12 bits per heavy atom. The molecule has 26 heavy (non-hydrogen) atoms. The second-order valence-corrected chi connectivity index (χ2v) is 5.59. The third-order valence-electron chi connectivity index (χ3n) is 3.43. The van der Waals surface area contributed by atoms with Gasteiger partial charge in [-0.05, 0) is 36.4 Å². The highest BCUT2D eigenvalue weighted by Crippen LogP contribution is 2.27. The molecular formula is C18H14ClFN4O2. The molecule has 0 aliphatic heterocycles. The Bertz CT molecular complexity index is 952. The first-order valence-electron chi connectivity index (χ1n) is 7.56. The fraction of sp³-hybridized carbons (Fsp3) is 0.0556. The zero-order valence-corrected chi connectivity index (χ0v) is 14.4. The average molecular weight is 373 g/mol. The third-order valence-corrected chi connectivity index (χ3v) is 3.76. The molecule has 0 atom stereocenters. The number of aromatic nitrogens is 2. The van der Waals surface area contributed by atoms with Crippen LogP contribution in [0.1, 0.15) is 10.4 Å². The van der Waals surface area contributed by atoms with E-state index in [-0.39, 0.29) is 11.6 Å². The zero-order valence-electron chi connectivity index (χ0n) is 13.7. The number of methoxy groups -OCH3 is 1. The van der Waals surface area contributed by atoms with Crippen molar-refractivity contribution in [1.82, 2.24) is 9.97 Å². The molecule has 0 aliphatic rings. The monoisotopic (exact) mass is 372 g/mol. The van der Waals surface area contributed by atoms with Crippen molar-refractivity contribution in [3.05, 3.63) is 71.1 Å². The molecule has 1 aromatic heterocycles. The highest BCUT2D eigenvalue weighted by atomic mass is 35.5. The van der Waals surface area contributed by atoms with E-state index in [4.69, 9.17) is 16.3 Å². The van der Waals surface area contributed by atoms with Crippen LogP contribution in [0, 0.1) is 5.82 Å². The quantitative estimate of drug-likeness (QED) is 0.640. The number of halogens is 2. The first-order chi connectivity index (χ1) is 12.6. The van der Waals surface area contributed by atoms with Crippen LogP contribution in [0.4, 0.5) is 27.5 Å². The summed E-state index contributed by atoms with van der Waals surface area (Å²) in [7, 11) is 1.30. The Morgan fingerprint density at radius 2 is 1.92 bits per heavy atom. The molecule has 6 nitrogen and oxygen atoms in total. The number of para-hydroxylation sites is 1. The van der Waals surface area contributed by atoms with Crippen molar-refractivity contribution < 1.29 is 13.9 Å². The number of carbonyl (C=O) groups is 1. The molecule has 0 bridgehead atoms. The maximum Gasteiger partial charge on any atom is 0.337 e. The van der Waals surface area contributed by atoms with E-state index in [0.717, 1.165) is 0 Å². The first-order valence-corrected chi connectivity index (χ1v) is 7.94. The summed E-state index contributed by atoms with van der Waals surface area (Å²) >= 11 is 6.16. The number of hydrogen-bond acceptors (Lipinski definition) is 6. The van der Waals surface area contributed by atoms with Crippen LogP contribution in [0.15, 0.2) is 54.7 Å². The number of rotatable bonds is 5. The highest BCUT2D eigenvalue weighted by molar-refractivity contribution is 6.33. The molecule has 8 heteroatoms. The highest BCUT2D eigenvalue weighted by Gasteiger charge is 2.10. The Labute approximate surface area is 154 Å². The lowest BCUT2D eigenvalue weighted by Crippen LogP contribution is -2.04. The maximum atomic E-state index is 13.7. The van der Waals surface area contributed by atoms with Crippen molar-refractivity contribution in [3.8, 4) is 0 Å². The summed E-state index contributed by atoms with van der Waals surface area (Å²) in [5.41, 5.74) is 1.08. The largest absolute Gasteiger partial charge is 0.465 e. The Kier molecular flexibility index (Phi) is 5.28. The molecule has 2 aromatic carbocycles. The number of anilines is 4. The average Bonchev–Trinajstić information content (AvgIpc) is 2.65. The molecule has 0 radical (unpaired) electrons. The van der Waals surface area contributed by atoms with Crippen LogP contribution in [-0.4, -0.2) is 23.0 Å². The van der Waals surface area contributed by atoms with Gasteiger partial charge in [0, 0.05) is 6.20 Å². The van der Waals surface area contributed by atoms with Gasteiger partial charge in [0.2, 0.25) is 5.95 Å². The molecule has 0 spiro atoms. The minimum absolute atomic E-state index is 0.209. The fourth-order valence-electron chi connectivity index (χ4n) is 2.18. The van der Waals surface area contributed by atoms with Gasteiger partial charge >= 0.3 is 5.97 Å². The number of nitrogens with zero attached hydrogens (tertiary/aromatic N) is 2. The molecular weight excluding hydrogens is 359 g/mol. The molecule has 0 saturated heterocycles. The summed E-state index contributed by atoms with van der Waals surface area (Å²) in [6.07, 6.45) is 1.51. The summed E-state index contributed by atoms with van der Waals surface area (Å²) in [5.74, 6) is -0.263. The summed E-state index contributed by atoms with van der Waals surface area (Å²) < 4.78 is 18.4. The van der Waals surface area contributed by atoms with E-state index < -0.39 is 11.8 Å². The summed E-state index contributed by atoms with van der Waals surface area (Å²) in [5, 5.41) is 6.22. The van der Waals surface area contributed by atoms with Crippen molar-refractivity contribution in [1.29, 1.82) is 0 Å². The van der Waals surface area contributed by atoms with E-state index in [9.17, 15) is 9.18 Å². The SMILES string of the molecule is COC(=O)c1ccc(Cl)c(Nc2ccnc(Nc3ccccc3F)n2)c1. The van der Waals surface area contributed by atoms with Crippen LogP contribution in [0.3, 0.4) is 0 Å². The lowest BCUT2D eigenvalue weighted by Gasteiger charge is -2.11. The van der Waals surface area contributed by atoms with Gasteiger partial charge in [0.15, 0.2) is 0 Å². The number of carbonyl (C=O) groups excluding carboxylic acids is 1. The van der Waals surface area contributed by atoms with Gasteiger partial charge in [0.05, 0.1) is 29.1 Å². The standard InChI is InChI=1S/C18H14ClFN4O2/c1-26-17(25)11-6-7-12(19)15(10-11)22-16-8-9-21-18(24-16)23-14-5-3-2-4-13(14)20/h2-10H,1H3,(H2,21,22,23,24). The lowest BCUT2D eigenvalue weighted by molar-refractivity contribution is 0.0601. The van der Waals surface area contributed by atoms with Crippen LogP contribution >= 0.6 is 11.6 Å². The van der Waals surface area contributed by atoms with Crippen LogP contribution in [0.5, 0.6) is 0 Å². The van der Waals surface area contributed by atoms with E-state index in [0.29, 0.717) is 22.1 Å². The van der Waals surface area contributed by atoms with Crippen molar-refractivity contribution in [2.24, 2.45) is 0 Å². The van der Waals surface area contributed by atoms with Crippen molar-refractivity contribution in [2.75, 3.05) is 17.7 Å². The van der Waals surface area contributed by atoms with Crippen LogP contribution < -0.4 is 10.6 Å². The minimum atomic E-state index is -0.477. The number of hydrogen-bond donors (Lipinski definition) is 2. The number of benzene rings is 2. The Morgan fingerprint density at radius 3 is 2.69 bits per heavy atom. The van der Waals surface area contributed by atoms with Gasteiger partial charge in [-0.1, -0.05) is 23.7 Å². The van der Waals surface area contributed by atoms with Gasteiger partial charge in [0.25, 0.3) is 0 Å². The van der Waals surface area contributed by atoms with Gasteiger partial charge < -0.3 is 15.4 Å². The van der Waals surface area contributed by atoms with Crippen LogP contribution in [-0.2, 0) is 4.74 Å². The molecule has 3 rings (SSSR count). The smallest absolute Gasteiger partial charge is 0.337 e. The summed E-state index contributed by atoms with van der Waals surface area (Å²) in [6, 6.07) is 12.5. The second kappa shape index (κ2) is 7.79. The van der Waals surface area contributed by atoms with Crippen molar-refractivity contribution in [2.45, 2.75) is 0 Å². The number of nitrogens with one attached hydrogen (secondary N) is 2. The topological polar surface area (TPSA) is 76.1 Å². The Hall–Kier alpha value is -3.19. The van der Waals surface area contributed by atoms with Gasteiger partial charge in [-0.3, -0.25) is 0 Å². The predicted molar refractivity (Wildman–Crippen MR) is 97.8 cm³/mol. The van der Waals surface area contributed by atoms with Gasteiger partial charge in [0.1, 0.15) is 11.6 Å². The minimum Gasteiger partial charge on any atom is -0.465 e. The van der Waals surface area contributed by atoms with E-state index in [1.165, 1.54) is 19.4 Å². The zero-order chi connectivity index (χ0) is 18.5. The molecule has 0 aliphatic carbocycles. The fourth-order valence-corrected chi connectivity index (χ4v) is 2.34. The Balaban J connectivity index is 1.83. The van der Waals surface area contributed by atoms with Crippen LogP contribution in [0.2, 0.25) is 5.02 Å². The number of ether oxygens (including phenoxy) is 1. The van der Waals surface area contributed by atoms with E-state index in [1.807, 2.05) is 0 Å². The van der Waals surface area contributed by atoms with Gasteiger partial charge in [-0.25, -0.2) is 14.2 Å². The van der Waals surface area contributed by atoms with Crippen LogP contribution in [0.25, 0.3) is 0 Å². The first kappa shape index (κ1) is 17.6. The van der Waals surface area contributed by atoms with Crippen molar-refractivity contribution in [3.63, 3.8) is 0 Å². The molecule has 0 fully saturated rings. The molecule has 0 unspecified atom stereocenters. The maximum absolute atomic E-state index is 13.7. The molecule has 0 saturated carbocycles. The number of esters is 1. The van der Waals surface area contributed by atoms with Gasteiger partial charge in [-0.15, -0.1) is 0 Å². The normalized spacial score (nSPS) is 10.3. The predicted octanol–water partition coefficient (Wildman–Crippen LogP) is 4.54.